The van der Waals surface area contributed by atoms with Crippen molar-refractivity contribution in [3.05, 3.63) is 87.4 Å². The Labute approximate surface area is 201 Å². The lowest BCUT2D eigenvalue weighted by atomic mass is 9.92. The van der Waals surface area contributed by atoms with Gasteiger partial charge in [-0.3, -0.25) is 14.5 Å². The molecule has 3 heterocycles. The summed E-state index contributed by atoms with van der Waals surface area (Å²) in [5.74, 6) is -0.363. The number of fused-ring (bicyclic) bond motifs is 3. The fraction of sp³-hybridized carbons (Fsp3) is 0.231. The number of thiophene rings is 1. The average Bonchev–Trinajstić information content (AvgIpc) is 3.38. The predicted octanol–water partition coefficient (Wildman–Crippen LogP) is 5.71. The monoisotopic (exact) mass is 477 g/mol. The van der Waals surface area contributed by atoms with Crippen molar-refractivity contribution in [2.45, 2.75) is 39.4 Å². The molecule has 0 aliphatic carbocycles. The molecule has 33 heavy (non-hydrogen) atoms. The van der Waals surface area contributed by atoms with Gasteiger partial charge in [-0.25, -0.2) is 0 Å². The Morgan fingerprint density at radius 2 is 1.88 bits per heavy atom. The second-order valence-electron chi connectivity index (χ2n) is 8.81. The Morgan fingerprint density at radius 3 is 2.64 bits per heavy atom. The van der Waals surface area contributed by atoms with E-state index < -0.39 is 5.54 Å². The van der Waals surface area contributed by atoms with Gasteiger partial charge in [-0.2, -0.15) is 0 Å². The number of amides is 2. The van der Waals surface area contributed by atoms with E-state index in [9.17, 15) is 9.59 Å². The number of carbonyl (C=O) groups excluding carboxylic acids is 2. The molecule has 5 nitrogen and oxygen atoms in total. The molecule has 1 aliphatic heterocycles. The van der Waals surface area contributed by atoms with Gasteiger partial charge in [0.25, 0.3) is 5.91 Å². The topological polar surface area (TPSA) is 54.3 Å². The molecule has 1 atom stereocenters. The average molecular weight is 478 g/mol. The fourth-order valence-corrected chi connectivity index (χ4v) is 5.53. The molecule has 7 heteroatoms. The highest BCUT2D eigenvalue weighted by Gasteiger charge is 2.49. The summed E-state index contributed by atoms with van der Waals surface area (Å²) in [4.78, 5) is 30.3. The van der Waals surface area contributed by atoms with Crippen LogP contribution in [0.1, 0.15) is 34.1 Å². The van der Waals surface area contributed by atoms with Gasteiger partial charge in [-0.1, -0.05) is 35.9 Å². The number of aromatic nitrogens is 1. The van der Waals surface area contributed by atoms with Crippen molar-refractivity contribution in [1.82, 2.24) is 9.88 Å². The van der Waals surface area contributed by atoms with Crippen LogP contribution in [0.15, 0.2) is 60.0 Å². The summed E-state index contributed by atoms with van der Waals surface area (Å²) in [7, 11) is 0. The summed E-state index contributed by atoms with van der Waals surface area (Å²) in [6.45, 7) is 6.55. The first-order chi connectivity index (χ1) is 15.8. The second-order valence-corrected chi connectivity index (χ2v) is 10.1. The number of halogens is 1. The Balaban J connectivity index is 1.58. The third kappa shape index (κ3) is 3.63. The number of hydrogen-bond donors (Lipinski definition) is 1. The first-order valence-corrected chi connectivity index (χ1v) is 12.0. The van der Waals surface area contributed by atoms with Crippen molar-refractivity contribution in [3.63, 3.8) is 0 Å². The van der Waals surface area contributed by atoms with Crippen LogP contribution in [0, 0.1) is 13.8 Å². The Kier molecular flexibility index (Phi) is 5.30. The van der Waals surface area contributed by atoms with E-state index in [1.54, 1.807) is 28.4 Å². The van der Waals surface area contributed by atoms with Crippen LogP contribution in [0.5, 0.6) is 0 Å². The molecule has 2 aromatic carbocycles. The van der Waals surface area contributed by atoms with Gasteiger partial charge in [0.1, 0.15) is 16.1 Å². The van der Waals surface area contributed by atoms with E-state index in [0.717, 1.165) is 32.6 Å². The molecule has 0 fully saturated rings. The molecule has 0 radical (unpaired) electrons. The van der Waals surface area contributed by atoms with E-state index in [4.69, 9.17) is 11.6 Å². The van der Waals surface area contributed by atoms with Crippen molar-refractivity contribution >= 4 is 50.7 Å². The number of nitrogens with zero attached hydrogens (tertiary/aromatic N) is 2. The van der Waals surface area contributed by atoms with Gasteiger partial charge in [-0.15, -0.1) is 11.3 Å². The van der Waals surface area contributed by atoms with Crippen LogP contribution in [-0.4, -0.2) is 21.9 Å². The van der Waals surface area contributed by atoms with Gasteiger partial charge < -0.3 is 9.88 Å². The SMILES string of the molecule is Cc1ccc(C)c(N2C(=O)c3cc4ccsc4n3CC2(C)C(=O)NCc2ccc(Cl)cc2)c1. The number of nitrogens with one attached hydrogen (secondary N) is 1. The number of hydrogen-bond acceptors (Lipinski definition) is 3. The lowest BCUT2D eigenvalue weighted by Crippen LogP contribution is -2.64. The molecule has 0 saturated carbocycles. The Bertz CT molecular complexity index is 1390. The van der Waals surface area contributed by atoms with Crippen LogP contribution >= 0.6 is 22.9 Å². The van der Waals surface area contributed by atoms with E-state index in [0.29, 0.717) is 23.8 Å². The van der Waals surface area contributed by atoms with Crippen LogP contribution in [0.4, 0.5) is 5.69 Å². The molecule has 0 bridgehead atoms. The smallest absolute Gasteiger partial charge is 0.275 e. The van der Waals surface area contributed by atoms with Crippen molar-refractivity contribution in [1.29, 1.82) is 0 Å². The van der Waals surface area contributed by atoms with E-state index in [-0.39, 0.29) is 11.8 Å². The molecule has 0 spiro atoms. The Hall–Kier alpha value is -3.09. The maximum Gasteiger partial charge on any atom is 0.275 e. The number of aryl methyl sites for hydroxylation is 2. The summed E-state index contributed by atoms with van der Waals surface area (Å²) in [5.41, 5.74) is 3.20. The molecule has 2 amide bonds. The highest BCUT2D eigenvalue weighted by Crippen LogP contribution is 2.38. The number of rotatable bonds is 4. The summed E-state index contributed by atoms with van der Waals surface area (Å²) < 4.78 is 1.99. The third-order valence-electron chi connectivity index (χ3n) is 6.35. The molecular weight excluding hydrogens is 454 g/mol. The zero-order valence-electron chi connectivity index (χ0n) is 18.7. The van der Waals surface area contributed by atoms with Crippen LogP contribution < -0.4 is 10.2 Å². The van der Waals surface area contributed by atoms with Gasteiger partial charge in [0.2, 0.25) is 5.91 Å². The summed E-state index contributed by atoms with van der Waals surface area (Å²) in [5, 5.41) is 6.75. The normalized spacial score (nSPS) is 17.9. The minimum atomic E-state index is -1.11. The molecule has 1 aliphatic rings. The molecular formula is C26H24ClN3O2S. The first kappa shape index (κ1) is 21.7. The lowest BCUT2D eigenvalue weighted by molar-refractivity contribution is -0.126. The third-order valence-corrected chi connectivity index (χ3v) is 7.55. The zero-order valence-corrected chi connectivity index (χ0v) is 20.3. The maximum atomic E-state index is 13.9. The van der Waals surface area contributed by atoms with Gasteiger partial charge in [0, 0.05) is 22.6 Å². The summed E-state index contributed by atoms with van der Waals surface area (Å²) in [6.07, 6.45) is 0. The molecule has 0 saturated heterocycles. The Morgan fingerprint density at radius 1 is 1.12 bits per heavy atom. The van der Waals surface area contributed by atoms with Crippen molar-refractivity contribution in [2.24, 2.45) is 0 Å². The van der Waals surface area contributed by atoms with E-state index in [1.807, 2.05) is 73.2 Å². The molecule has 1 unspecified atom stereocenters. The van der Waals surface area contributed by atoms with Crippen LogP contribution in [0.25, 0.3) is 10.2 Å². The maximum absolute atomic E-state index is 13.9. The zero-order chi connectivity index (χ0) is 23.3. The largest absolute Gasteiger partial charge is 0.350 e. The van der Waals surface area contributed by atoms with E-state index in [2.05, 4.69) is 5.32 Å². The van der Waals surface area contributed by atoms with Gasteiger partial charge in [0.15, 0.2) is 0 Å². The minimum absolute atomic E-state index is 0.164. The van der Waals surface area contributed by atoms with Crippen LogP contribution in [-0.2, 0) is 17.9 Å². The highest BCUT2D eigenvalue weighted by molar-refractivity contribution is 7.16. The highest BCUT2D eigenvalue weighted by atomic mass is 35.5. The molecule has 168 valence electrons. The van der Waals surface area contributed by atoms with Crippen molar-refractivity contribution in [2.75, 3.05) is 4.90 Å². The van der Waals surface area contributed by atoms with Crippen molar-refractivity contribution in [3.8, 4) is 0 Å². The van der Waals surface area contributed by atoms with Crippen LogP contribution in [0.2, 0.25) is 5.02 Å². The van der Waals surface area contributed by atoms with E-state index >= 15 is 0 Å². The minimum Gasteiger partial charge on any atom is -0.350 e. The number of benzene rings is 2. The van der Waals surface area contributed by atoms with Gasteiger partial charge in [0.05, 0.1) is 6.54 Å². The lowest BCUT2D eigenvalue weighted by Gasteiger charge is -2.44. The standard InChI is InChI=1S/C26H24ClN3O2S/c1-16-4-5-17(2)21(12-16)30-23(31)22-13-19-10-11-33-24(19)29(22)15-26(30,3)25(32)28-14-18-6-8-20(27)9-7-18/h4-13H,14-15H2,1-3H3,(H,28,32). The summed E-state index contributed by atoms with van der Waals surface area (Å²) >= 11 is 7.58. The van der Waals surface area contributed by atoms with Gasteiger partial charge >= 0.3 is 0 Å². The molecule has 1 N–H and O–H groups in total. The van der Waals surface area contributed by atoms with Crippen LogP contribution in [0.3, 0.4) is 0 Å². The van der Waals surface area contributed by atoms with E-state index in [1.165, 1.54) is 0 Å². The predicted molar refractivity (Wildman–Crippen MR) is 134 cm³/mol. The molecule has 2 aromatic heterocycles. The number of anilines is 1. The summed E-state index contributed by atoms with van der Waals surface area (Å²) in [6, 6.07) is 17.3. The molecule has 4 aromatic rings. The second kappa shape index (κ2) is 8.04. The number of carbonyl (C=O) groups is 2. The first-order valence-electron chi connectivity index (χ1n) is 10.8. The fourth-order valence-electron chi connectivity index (χ4n) is 4.51. The molecule has 5 rings (SSSR count). The quantitative estimate of drug-likeness (QED) is 0.409. The van der Waals surface area contributed by atoms with Crippen molar-refractivity contribution < 1.29 is 9.59 Å². The van der Waals surface area contributed by atoms with Gasteiger partial charge in [-0.05, 0) is 73.2 Å².